The summed E-state index contributed by atoms with van der Waals surface area (Å²) in [5, 5.41) is 2.48. The van der Waals surface area contributed by atoms with E-state index >= 15 is 0 Å². The SMILES string of the molecule is CC1(C)c2cccnc2-n2c3ccc(-c4ccccc4)cc3c3cc(N(c4ccccc4)c4ccccc4)cc1c32. The minimum atomic E-state index is -0.233. The lowest BCUT2D eigenvalue weighted by Crippen LogP contribution is -2.27. The molecule has 5 aromatic carbocycles. The molecule has 0 saturated heterocycles. The summed E-state index contributed by atoms with van der Waals surface area (Å²) in [4.78, 5) is 7.32. The van der Waals surface area contributed by atoms with Crippen molar-refractivity contribution in [3.8, 4) is 16.9 Å². The molecule has 2 aromatic heterocycles. The van der Waals surface area contributed by atoms with Crippen LogP contribution in [-0.2, 0) is 5.41 Å². The van der Waals surface area contributed by atoms with E-state index in [0.29, 0.717) is 0 Å². The molecule has 41 heavy (non-hydrogen) atoms. The lowest BCUT2D eigenvalue weighted by atomic mass is 9.75. The average molecular weight is 528 g/mol. The second-order valence-corrected chi connectivity index (χ2v) is 11.3. The largest absolute Gasteiger partial charge is 0.310 e. The lowest BCUT2D eigenvalue weighted by molar-refractivity contribution is 0.624. The Balaban J connectivity index is 1.50. The predicted octanol–water partition coefficient (Wildman–Crippen LogP) is 9.95. The van der Waals surface area contributed by atoms with Gasteiger partial charge in [0.2, 0.25) is 0 Å². The van der Waals surface area contributed by atoms with Crippen LogP contribution in [0.4, 0.5) is 17.1 Å². The van der Waals surface area contributed by atoms with E-state index < -0.39 is 0 Å². The van der Waals surface area contributed by atoms with Crippen molar-refractivity contribution in [2.24, 2.45) is 0 Å². The molecule has 0 radical (unpaired) electrons. The highest BCUT2D eigenvalue weighted by molar-refractivity contribution is 6.14. The van der Waals surface area contributed by atoms with Crippen molar-refractivity contribution < 1.29 is 0 Å². The van der Waals surface area contributed by atoms with Crippen molar-refractivity contribution in [1.29, 1.82) is 0 Å². The van der Waals surface area contributed by atoms with Gasteiger partial charge in [-0.15, -0.1) is 0 Å². The highest BCUT2D eigenvalue weighted by Crippen LogP contribution is 2.50. The first-order valence-electron chi connectivity index (χ1n) is 14.2. The van der Waals surface area contributed by atoms with Gasteiger partial charge in [-0.2, -0.15) is 0 Å². The molecule has 0 unspecified atom stereocenters. The monoisotopic (exact) mass is 527 g/mol. The third-order valence-electron chi connectivity index (χ3n) is 8.59. The van der Waals surface area contributed by atoms with Crippen molar-refractivity contribution in [1.82, 2.24) is 9.55 Å². The van der Waals surface area contributed by atoms with Crippen molar-refractivity contribution >= 4 is 38.9 Å². The van der Waals surface area contributed by atoms with Crippen LogP contribution < -0.4 is 4.90 Å². The van der Waals surface area contributed by atoms with E-state index in [1.165, 1.54) is 44.1 Å². The normalized spacial score (nSPS) is 13.3. The fraction of sp³-hybridized carbons (Fsp3) is 0.0789. The summed E-state index contributed by atoms with van der Waals surface area (Å²) in [5.41, 5.74) is 10.6. The molecule has 0 fully saturated rings. The van der Waals surface area contributed by atoms with Crippen molar-refractivity contribution in [3.63, 3.8) is 0 Å². The Labute approximate surface area is 240 Å². The molecule has 196 valence electrons. The van der Waals surface area contributed by atoms with Gasteiger partial charge in [0.15, 0.2) is 0 Å². The third kappa shape index (κ3) is 3.56. The van der Waals surface area contributed by atoms with Crippen molar-refractivity contribution in [2.75, 3.05) is 4.90 Å². The molecule has 0 aliphatic carbocycles. The number of aromatic nitrogens is 2. The van der Waals surface area contributed by atoms with Crippen molar-refractivity contribution in [3.05, 3.63) is 151 Å². The number of anilines is 3. The molecule has 3 heterocycles. The summed E-state index contributed by atoms with van der Waals surface area (Å²) in [6, 6.07) is 47.9. The molecule has 3 nitrogen and oxygen atoms in total. The fourth-order valence-corrected chi connectivity index (χ4v) is 6.58. The second-order valence-electron chi connectivity index (χ2n) is 11.3. The Hall–Kier alpha value is -5.15. The van der Waals surface area contributed by atoms with Gasteiger partial charge < -0.3 is 4.90 Å². The minimum Gasteiger partial charge on any atom is -0.310 e. The molecule has 1 aliphatic heterocycles. The topological polar surface area (TPSA) is 21.1 Å². The molecule has 7 aromatic rings. The molecule has 8 rings (SSSR count). The van der Waals surface area contributed by atoms with E-state index in [1.807, 2.05) is 6.20 Å². The van der Waals surface area contributed by atoms with Gasteiger partial charge in [-0.3, -0.25) is 4.57 Å². The van der Waals surface area contributed by atoms with Gasteiger partial charge >= 0.3 is 0 Å². The first-order chi connectivity index (χ1) is 20.1. The summed E-state index contributed by atoms with van der Waals surface area (Å²) in [5.74, 6) is 1.02. The average Bonchev–Trinajstić information content (AvgIpc) is 3.35. The Kier molecular flexibility index (Phi) is 5.17. The maximum absolute atomic E-state index is 4.95. The predicted molar refractivity (Wildman–Crippen MR) is 171 cm³/mol. The van der Waals surface area contributed by atoms with E-state index in [-0.39, 0.29) is 5.41 Å². The highest BCUT2D eigenvalue weighted by atomic mass is 15.1. The van der Waals surface area contributed by atoms with Crippen LogP contribution >= 0.6 is 0 Å². The van der Waals surface area contributed by atoms with Gasteiger partial charge in [0.25, 0.3) is 0 Å². The molecule has 0 bridgehead atoms. The molecule has 0 saturated carbocycles. The molecule has 0 atom stereocenters. The molecule has 1 aliphatic rings. The maximum atomic E-state index is 4.95. The maximum Gasteiger partial charge on any atom is 0.141 e. The van der Waals surface area contributed by atoms with Gasteiger partial charge in [-0.1, -0.05) is 92.7 Å². The van der Waals surface area contributed by atoms with E-state index in [4.69, 9.17) is 4.98 Å². The third-order valence-corrected chi connectivity index (χ3v) is 8.59. The van der Waals surface area contributed by atoms with Crippen LogP contribution in [-0.4, -0.2) is 9.55 Å². The van der Waals surface area contributed by atoms with Crippen LogP contribution in [0.25, 0.3) is 38.8 Å². The van der Waals surface area contributed by atoms with Crippen LogP contribution in [0.5, 0.6) is 0 Å². The quantitative estimate of drug-likeness (QED) is 0.227. The van der Waals surface area contributed by atoms with Crippen molar-refractivity contribution in [2.45, 2.75) is 19.3 Å². The smallest absolute Gasteiger partial charge is 0.141 e. The Morgan fingerprint density at radius 1 is 0.561 bits per heavy atom. The standard InChI is InChI=1S/C38H29N3/c1-38(2)33-19-12-22-39-37(33)41-35-21-20-27(26-13-6-3-7-14-26)23-31(35)32-24-30(25-34(38)36(32)41)40(28-15-8-4-9-16-28)29-17-10-5-11-18-29/h3-25H,1-2H3. The molecule has 0 amide bonds. The Bertz CT molecular complexity index is 2020. The zero-order chi connectivity index (χ0) is 27.6. The van der Waals surface area contributed by atoms with Crippen LogP contribution in [0.15, 0.2) is 140 Å². The van der Waals surface area contributed by atoms with Crippen LogP contribution in [0.2, 0.25) is 0 Å². The summed E-state index contributed by atoms with van der Waals surface area (Å²) >= 11 is 0. The minimum absolute atomic E-state index is 0.233. The zero-order valence-electron chi connectivity index (χ0n) is 23.1. The fourth-order valence-electron chi connectivity index (χ4n) is 6.58. The number of hydrogen-bond donors (Lipinski definition) is 0. The van der Waals surface area contributed by atoms with Gasteiger partial charge in [-0.05, 0) is 71.3 Å². The van der Waals surface area contributed by atoms with Gasteiger partial charge in [0, 0.05) is 45.0 Å². The Morgan fingerprint density at radius 2 is 1.22 bits per heavy atom. The number of fused-ring (bicyclic) bond motifs is 5. The van der Waals surface area contributed by atoms with E-state index in [0.717, 1.165) is 22.9 Å². The summed E-state index contributed by atoms with van der Waals surface area (Å²) in [7, 11) is 0. The van der Waals surface area contributed by atoms with Gasteiger partial charge in [0.1, 0.15) is 5.82 Å². The van der Waals surface area contributed by atoms with Crippen LogP contribution in [0, 0.1) is 0 Å². The highest BCUT2D eigenvalue weighted by Gasteiger charge is 2.37. The molecule has 0 N–H and O–H groups in total. The van der Waals surface area contributed by atoms with Crippen LogP contribution in [0.1, 0.15) is 25.0 Å². The van der Waals surface area contributed by atoms with E-state index in [1.54, 1.807) is 0 Å². The molecular weight excluding hydrogens is 498 g/mol. The zero-order valence-corrected chi connectivity index (χ0v) is 23.1. The number of pyridine rings is 1. The van der Waals surface area contributed by atoms with E-state index in [2.05, 4.69) is 157 Å². The first kappa shape index (κ1) is 23.7. The number of rotatable bonds is 4. The van der Waals surface area contributed by atoms with E-state index in [9.17, 15) is 0 Å². The number of nitrogens with zero attached hydrogens (tertiary/aromatic N) is 3. The number of hydrogen-bond acceptors (Lipinski definition) is 2. The summed E-state index contributed by atoms with van der Waals surface area (Å²) < 4.78 is 2.38. The molecular formula is C38H29N3. The molecule has 3 heteroatoms. The lowest BCUT2D eigenvalue weighted by Gasteiger charge is -2.35. The summed E-state index contributed by atoms with van der Waals surface area (Å²) in [6.07, 6.45) is 1.91. The van der Waals surface area contributed by atoms with Gasteiger partial charge in [0.05, 0.1) is 11.0 Å². The van der Waals surface area contributed by atoms with Gasteiger partial charge in [-0.25, -0.2) is 4.98 Å². The summed E-state index contributed by atoms with van der Waals surface area (Å²) in [6.45, 7) is 4.66. The Morgan fingerprint density at radius 3 is 1.90 bits per heavy atom. The number of para-hydroxylation sites is 2. The van der Waals surface area contributed by atoms with Crippen LogP contribution in [0.3, 0.4) is 0 Å². The molecule has 0 spiro atoms. The first-order valence-corrected chi connectivity index (χ1v) is 14.2. The number of benzene rings is 5. The second kappa shape index (κ2) is 8.94.